The fourth-order valence-corrected chi connectivity index (χ4v) is 3.20. The van der Waals surface area contributed by atoms with Gasteiger partial charge in [0, 0.05) is 17.9 Å². The largest absolute Gasteiger partial charge is 0.386 e. The number of benzene rings is 1. The molecule has 1 aliphatic rings. The van der Waals surface area contributed by atoms with Gasteiger partial charge in [0.25, 0.3) is 0 Å². The highest BCUT2D eigenvalue weighted by molar-refractivity contribution is 6.30. The maximum atomic E-state index is 13.8. The molecule has 1 aromatic carbocycles. The molecule has 0 aliphatic carbocycles. The molecular weight excluding hydrogens is 267 g/mol. The fourth-order valence-electron chi connectivity index (χ4n) is 3.01. The Hall–Kier alpha value is -0.640. The van der Waals surface area contributed by atoms with Crippen LogP contribution in [0.2, 0.25) is 5.02 Å². The van der Waals surface area contributed by atoms with Gasteiger partial charge >= 0.3 is 0 Å². The first-order valence-corrected chi connectivity index (χ1v) is 6.79. The molecule has 0 spiro atoms. The summed E-state index contributed by atoms with van der Waals surface area (Å²) in [5.74, 6) is -0.349. The van der Waals surface area contributed by atoms with Gasteiger partial charge in [-0.05, 0) is 51.5 Å². The van der Waals surface area contributed by atoms with E-state index in [-0.39, 0.29) is 12.2 Å². The Balaban J connectivity index is 2.34. The number of rotatable bonds is 2. The van der Waals surface area contributed by atoms with Gasteiger partial charge in [0.15, 0.2) is 0 Å². The average molecular weight is 287 g/mol. The van der Waals surface area contributed by atoms with Crippen molar-refractivity contribution >= 4 is 11.6 Å². The van der Waals surface area contributed by atoms with E-state index in [4.69, 9.17) is 16.3 Å². The normalized spacial score (nSPS) is 28.6. The second kappa shape index (κ2) is 4.44. The van der Waals surface area contributed by atoms with Crippen LogP contribution in [0.1, 0.15) is 39.7 Å². The van der Waals surface area contributed by atoms with Crippen molar-refractivity contribution in [3.8, 4) is 0 Å². The lowest BCUT2D eigenvalue weighted by atomic mass is 9.78. The van der Waals surface area contributed by atoms with Crippen LogP contribution in [0.25, 0.3) is 0 Å². The quantitative estimate of drug-likeness (QED) is 0.898. The summed E-state index contributed by atoms with van der Waals surface area (Å²) in [6, 6.07) is 4.40. The van der Waals surface area contributed by atoms with Crippen molar-refractivity contribution < 1.29 is 14.2 Å². The van der Waals surface area contributed by atoms with Crippen molar-refractivity contribution in [3.05, 3.63) is 34.6 Å². The predicted octanol–water partition coefficient (Wildman–Crippen LogP) is 3.73. The highest BCUT2D eigenvalue weighted by atomic mass is 35.5. The summed E-state index contributed by atoms with van der Waals surface area (Å²) in [4.78, 5) is 0. The Bertz CT molecular complexity index is 499. The van der Waals surface area contributed by atoms with Gasteiger partial charge in [-0.2, -0.15) is 0 Å². The summed E-state index contributed by atoms with van der Waals surface area (Å²) in [5, 5.41) is 11.4. The minimum Gasteiger partial charge on any atom is -0.386 e. The van der Waals surface area contributed by atoms with E-state index in [1.807, 2.05) is 27.7 Å². The summed E-state index contributed by atoms with van der Waals surface area (Å²) in [5.41, 5.74) is -1.84. The molecule has 1 unspecified atom stereocenters. The van der Waals surface area contributed by atoms with Gasteiger partial charge in [0.05, 0.1) is 16.8 Å². The number of ether oxygens (including phenoxy) is 1. The van der Waals surface area contributed by atoms with E-state index in [1.165, 1.54) is 12.1 Å². The monoisotopic (exact) mass is 286 g/mol. The molecule has 19 heavy (non-hydrogen) atoms. The smallest absolute Gasteiger partial charge is 0.126 e. The van der Waals surface area contributed by atoms with Crippen molar-refractivity contribution in [2.24, 2.45) is 0 Å². The molecule has 1 aromatic rings. The van der Waals surface area contributed by atoms with Crippen LogP contribution in [0.3, 0.4) is 0 Å². The highest BCUT2D eigenvalue weighted by Crippen LogP contribution is 2.46. The van der Waals surface area contributed by atoms with Crippen molar-refractivity contribution in [2.45, 2.75) is 57.3 Å². The van der Waals surface area contributed by atoms with E-state index in [2.05, 4.69) is 0 Å². The zero-order valence-corrected chi connectivity index (χ0v) is 12.5. The fraction of sp³-hybridized carbons (Fsp3) is 0.600. The van der Waals surface area contributed by atoms with E-state index in [9.17, 15) is 9.50 Å². The van der Waals surface area contributed by atoms with Gasteiger partial charge in [-0.1, -0.05) is 11.6 Å². The minimum absolute atomic E-state index is 0.190. The zero-order chi connectivity index (χ0) is 14.5. The lowest BCUT2D eigenvalue weighted by Crippen LogP contribution is -2.48. The van der Waals surface area contributed by atoms with Crippen LogP contribution in [-0.4, -0.2) is 21.9 Å². The van der Waals surface area contributed by atoms with Gasteiger partial charge in [-0.3, -0.25) is 0 Å². The summed E-state index contributed by atoms with van der Waals surface area (Å²) >= 11 is 5.90. The number of hydrogen-bond acceptors (Lipinski definition) is 2. The van der Waals surface area contributed by atoms with Gasteiger partial charge in [-0.15, -0.1) is 0 Å². The Labute approximate surface area is 118 Å². The molecule has 0 bridgehead atoms. The predicted molar refractivity (Wildman–Crippen MR) is 73.9 cm³/mol. The summed E-state index contributed by atoms with van der Waals surface area (Å²) in [7, 11) is 0. The molecule has 4 heteroatoms. The van der Waals surface area contributed by atoms with Crippen LogP contribution in [0, 0.1) is 5.82 Å². The van der Waals surface area contributed by atoms with Gasteiger partial charge < -0.3 is 9.84 Å². The summed E-state index contributed by atoms with van der Waals surface area (Å²) in [6.07, 6.45) is 0.648. The van der Waals surface area contributed by atoms with E-state index in [0.717, 1.165) is 0 Å². The van der Waals surface area contributed by atoms with Crippen LogP contribution in [0.4, 0.5) is 4.39 Å². The minimum atomic E-state index is -1.11. The van der Waals surface area contributed by atoms with Crippen LogP contribution in [0.15, 0.2) is 18.2 Å². The van der Waals surface area contributed by atoms with Crippen molar-refractivity contribution in [1.82, 2.24) is 0 Å². The highest BCUT2D eigenvalue weighted by Gasteiger charge is 2.56. The molecular formula is C15H20ClFO2. The third kappa shape index (κ3) is 2.78. The Morgan fingerprint density at radius 2 is 1.95 bits per heavy atom. The molecule has 106 valence electrons. The molecule has 1 heterocycles. The molecule has 2 nitrogen and oxygen atoms in total. The SMILES string of the molecule is CC1(C)CC(O)(Cc2cc(Cl)ccc2F)C(C)(C)O1. The Morgan fingerprint density at radius 1 is 1.32 bits per heavy atom. The van der Waals surface area contributed by atoms with E-state index in [1.54, 1.807) is 6.07 Å². The van der Waals surface area contributed by atoms with Gasteiger partial charge in [-0.25, -0.2) is 4.39 Å². The second-order valence-electron chi connectivity index (χ2n) is 6.49. The lowest BCUT2D eigenvalue weighted by Gasteiger charge is -2.35. The molecule has 0 amide bonds. The van der Waals surface area contributed by atoms with Crippen molar-refractivity contribution in [1.29, 1.82) is 0 Å². The number of aliphatic hydroxyl groups is 1. The maximum absolute atomic E-state index is 13.8. The molecule has 1 atom stereocenters. The van der Waals surface area contributed by atoms with Crippen LogP contribution in [-0.2, 0) is 11.2 Å². The van der Waals surface area contributed by atoms with E-state index < -0.39 is 16.8 Å². The molecule has 0 saturated carbocycles. The van der Waals surface area contributed by atoms with Crippen LogP contribution < -0.4 is 0 Å². The third-order valence-electron chi connectivity index (χ3n) is 3.86. The summed E-state index contributed by atoms with van der Waals surface area (Å²) < 4.78 is 19.7. The Kier molecular flexibility index (Phi) is 3.45. The first kappa shape index (κ1) is 14.8. The van der Waals surface area contributed by atoms with Gasteiger partial charge in [0.1, 0.15) is 5.82 Å². The van der Waals surface area contributed by atoms with E-state index >= 15 is 0 Å². The zero-order valence-electron chi connectivity index (χ0n) is 11.8. The maximum Gasteiger partial charge on any atom is 0.126 e. The first-order chi connectivity index (χ1) is 8.55. The molecule has 1 saturated heterocycles. The topological polar surface area (TPSA) is 29.5 Å². The molecule has 1 aliphatic heterocycles. The van der Waals surface area contributed by atoms with Crippen molar-refractivity contribution in [3.63, 3.8) is 0 Å². The molecule has 2 rings (SSSR count). The first-order valence-electron chi connectivity index (χ1n) is 6.41. The average Bonchev–Trinajstić information content (AvgIpc) is 2.36. The summed E-state index contributed by atoms with van der Waals surface area (Å²) in [6.45, 7) is 7.54. The third-order valence-corrected chi connectivity index (χ3v) is 4.10. The van der Waals surface area contributed by atoms with Crippen LogP contribution >= 0.6 is 11.6 Å². The lowest BCUT2D eigenvalue weighted by molar-refractivity contribution is -0.125. The van der Waals surface area contributed by atoms with Gasteiger partial charge in [0.2, 0.25) is 0 Å². The molecule has 1 N–H and O–H groups in total. The van der Waals surface area contributed by atoms with E-state index in [0.29, 0.717) is 17.0 Å². The second-order valence-corrected chi connectivity index (χ2v) is 6.93. The standard InChI is InChI=1S/C15H20ClFO2/c1-13(2)9-15(18,14(3,4)19-13)8-10-7-11(16)5-6-12(10)17/h5-7,18H,8-9H2,1-4H3. The molecule has 0 aromatic heterocycles. The number of halogens is 2. The molecule has 0 radical (unpaired) electrons. The van der Waals surface area contributed by atoms with Crippen molar-refractivity contribution in [2.75, 3.05) is 0 Å². The van der Waals surface area contributed by atoms with Crippen LogP contribution in [0.5, 0.6) is 0 Å². The number of hydrogen-bond donors (Lipinski definition) is 1. The molecule has 1 fully saturated rings. The Morgan fingerprint density at radius 3 is 2.47 bits per heavy atom.